The Balaban J connectivity index is 2.31. The van der Waals surface area contributed by atoms with E-state index in [1.165, 1.54) is 17.9 Å². The van der Waals surface area contributed by atoms with E-state index in [1.54, 1.807) is 0 Å². The second kappa shape index (κ2) is 13.1. The van der Waals surface area contributed by atoms with Gasteiger partial charge >= 0.3 is 165 Å². The van der Waals surface area contributed by atoms with E-state index in [-0.39, 0.29) is 0 Å². The van der Waals surface area contributed by atoms with Gasteiger partial charge in [-0.1, -0.05) is 0 Å². The molecule has 136 valence electrons. The van der Waals surface area contributed by atoms with Crippen molar-refractivity contribution in [3.05, 3.63) is 0 Å². The summed E-state index contributed by atoms with van der Waals surface area (Å²) in [6.07, 6.45) is 0. The molecular formula is C14H30I2O4Te2. The second-order valence-corrected chi connectivity index (χ2v) is 51.9. The number of hydrogen-bond acceptors (Lipinski definition) is 4. The molecule has 1 saturated heterocycles. The third-order valence-corrected chi connectivity index (χ3v) is 26.8. The summed E-state index contributed by atoms with van der Waals surface area (Å²) in [6, 6.07) is 0. The first-order valence-corrected chi connectivity index (χ1v) is 32.4. The Kier molecular flexibility index (Phi) is 13.7. The molecule has 0 N–H and O–H groups in total. The zero-order chi connectivity index (χ0) is 16.3. The van der Waals surface area contributed by atoms with Crippen LogP contribution in [0.1, 0.15) is 0 Å². The fourth-order valence-corrected chi connectivity index (χ4v) is 13.1. The molecule has 8 heteroatoms. The fraction of sp³-hybridized carbons (Fsp3) is 1.00. The fourth-order valence-electron chi connectivity index (χ4n) is 1.78. The zero-order valence-electron chi connectivity index (χ0n) is 13.7. The molecule has 0 aliphatic carbocycles. The van der Waals surface area contributed by atoms with Crippen LogP contribution in [0.25, 0.3) is 0 Å². The van der Waals surface area contributed by atoms with Crippen molar-refractivity contribution in [2.75, 3.05) is 52.9 Å². The third kappa shape index (κ3) is 13.1. The molecule has 0 saturated carbocycles. The van der Waals surface area contributed by atoms with Gasteiger partial charge in [0, 0.05) is 0 Å². The van der Waals surface area contributed by atoms with Gasteiger partial charge in [-0.3, -0.25) is 0 Å². The molecule has 0 aromatic rings. The Labute approximate surface area is 163 Å². The normalized spacial score (nSPS) is 41.3. The summed E-state index contributed by atoms with van der Waals surface area (Å²) in [6.45, 7) is 6.48. The standard InChI is InChI=1S/C14H30I2O4Te2/c1-21(15)11-7-17-3-5-19-9-13-22(2,16)14-10-20-6-4-18-8-12-21/h3-14H2,1-2H3. The van der Waals surface area contributed by atoms with Crippen molar-refractivity contribution >= 4 is 65.9 Å². The minimum absolute atomic E-state index is 0.736. The van der Waals surface area contributed by atoms with Crippen LogP contribution >= 0.6 is 37.4 Å². The van der Waals surface area contributed by atoms with Crippen molar-refractivity contribution in [1.29, 1.82) is 0 Å². The topological polar surface area (TPSA) is 36.9 Å². The molecule has 0 atom stereocenters. The van der Waals surface area contributed by atoms with Crippen molar-refractivity contribution in [2.45, 2.75) is 27.8 Å². The molecule has 0 radical (unpaired) electrons. The molecule has 0 spiro atoms. The molecule has 4 nitrogen and oxygen atoms in total. The quantitative estimate of drug-likeness (QED) is 0.275. The maximum atomic E-state index is 5.74. The molecule has 22 heavy (non-hydrogen) atoms. The minimum atomic E-state index is -1.74. The molecular weight excluding hydrogens is 741 g/mol. The first kappa shape index (κ1) is 22.9. The van der Waals surface area contributed by atoms with E-state index in [1.807, 2.05) is 0 Å². The van der Waals surface area contributed by atoms with E-state index in [4.69, 9.17) is 18.9 Å². The first-order valence-electron chi connectivity index (χ1n) is 7.59. The molecule has 1 aliphatic heterocycles. The molecule has 1 fully saturated rings. The van der Waals surface area contributed by atoms with Crippen molar-refractivity contribution in [3.8, 4) is 0 Å². The number of hydrogen-bond donors (Lipinski definition) is 0. The van der Waals surface area contributed by atoms with Crippen LogP contribution in [0.2, 0.25) is 27.8 Å². The van der Waals surface area contributed by atoms with Crippen molar-refractivity contribution in [1.82, 2.24) is 0 Å². The van der Waals surface area contributed by atoms with Gasteiger partial charge < -0.3 is 0 Å². The van der Waals surface area contributed by atoms with Crippen LogP contribution in [0.5, 0.6) is 0 Å². The van der Waals surface area contributed by atoms with E-state index in [2.05, 4.69) is 47.3 Å². The van der Waals surface area contributed by atoms with Crippen LogP contribution in [-0.4, -0.2) is 81.3 Å². The van der Waals surface area contributed by atoms with E-state index >= 15 is 0 Å². The Morgan fingerprint density at radius 1 is 0.500 bits per heavy atom. The Morgan fingerprint density at radius 3 is 0.955 bits per heavy atom. The molecule has 1 aliphatic rings. The van der Waals surface area contributed by atoms with Gasteiger partial charge in [-0.2, -0.15) is 0 Å². The molecule has 0 unspecified atom stereocenters. The van der Waals surface area contributed by atoms with Gasteiger partial charge in [0.2, 0.25) is 0 Å². The van der Waals surface area contributed by atoms with Gasteiger partial charge in [0.25, 0.3) is 0 Å². The van der Waals surface area contributed by atoms with Gasteiger partial charge in [-0.15, -0.1) is 0 Å². The van der Waals surface area contributed by atoms with Crippen LogP contribution in [0.3, 0.4) is 0 Å². The Morgan fingerprint density at radius 2 is 0.727 bits per heavy atom. The van der Waals surface area contributed by atoms with Crippen molar-refractivity contribution in [3.63, 3.8) is 0 Å². The summed E-state index contributed by atoms with van der Waals surface area (Å²) >= 11 is 1.92. The van der Waals surface area contributed by atoms with Crippen LogP contribution in [-0.2, 0) is 18.9 Å². The van der Waals surface area contributed by atoms with Gasteiger partial charge in [-0.25, -0.2) is 0 Å². The average molecular weight is 771 g/mol. The molecule has 0 amide bonds. The van der Waals surface area contributed by atoms with Crippen molar-refractivity contribution in [2.24, 2.45) is 0 Å². The number of rotatable bonds is 0. The molecule has 0 bridgehead atoms. The molecule has 0 aromatic heterocycles. The first-order chi connectivity index (χ1) is 10.4. The zero-order valence-corrected chi connectivity index (χ0v) is 22.7. The number of ether oxygens (including phenoxy) is 4. The summed E-state index contributed by atoms with van der Waals surface area (Å²) in [5.74, 6) is 0. The summed E-state index contributed by atoms with van der Waals surface area (Å²) in [7, 11) is 0. The van der Waals surface area contributed by atoms with Gasteiger partial charge in [-0.05, 0) is 0 Å². The van der Waals surface area contributed by atoms with Gasteiger partial charge in [0.15, 0.2) is 0 Å². The van der Waals surface area contributed by atoms with E-state index < -0.39 is 28.5 Å². The summed E-state index contributed by atoms with van der Waals surface area (Å²) in [5.41, 5.74) is 0. The number of halogens is 2. The predicted molar refractivity (Wildman–Crippen MR) is 114 cm³/mol. The Hall–Kier alpha value is 2.88. The summed E-state index contributed by atoms with van der Waals surface area (Å²) < 4.78 is 27.9. The van der Waals surface area contributed by atoms with Crippen molar-refractivity contribution < 1.29 is 18.9 Å². The maximum absolute atomic E-state index is 5.74. The second-order valence-electron chi connectivity index (χ2n) is 5.57. The van der Waals surface area contributed by atoms with Gasteiger partial charge in [0.05, 0.1) is 0 Å². The SMILES string of the molecule is C[Te]1(I)CCOCCOCC[Te](C)(I)CCOCCOCC1. The summed E-state index contributed by atoms with van der Waals surface area (Å²) in [4.78, 5) is 4.91. The van der Waals surface area contributed by atoms with Gasteiger partial charge in [0.1, 0.15) is 0 Å². The van der Waals surface area contributed by atoms with Crippen LogP contribution < -0.4 is 0 Å². The van der Waals surface area contributed by atoms with E-state index in [0.29, 0.717) is 0 Å². The predicted octanol–water partition coefficient (Wildman–Crippen LogP) is 4.09. The molecule has 0 aromatic carbocycles. The van der Waals surface area contributed by atoms with Crippen LogP contribution in [0.15, 0.2) is 0 Å². The Bertz CT molecular complexity index is 242. The average Bonchev–Trinajstić information content (AvgIpc) is 2.43. The van der Waals surface area contributed by atoms with Crippen LogP contribution in [0, 0.1) is 0 Å². The van der Waals surface area contributed by atoms with Crippen LogP contribution in [0.4, 0.5) is 0 Å². The molecule has 1 heterocycles. The van der Waals surface area contributed by atoms with E-state index in [0.717, 1.165) is 52.9 Å². The summed E-state index contributed by atoms with van der Waals surface area (Å²) in [5, 5.41) is 0. The monoisotopic (exact) mass is 776 g/mol. The third-order valence-electron chi connectivity index (χ3n) is 3.36. The van der Waals surface area contributed by atoms with E-state index in [9.17, 15) is 0 Å². The molecule has 1 rings (SSSR count).